The molecular formula is C12H12O5. The van der Waals surface area contributed by atoms with Gasteiger partial charge in [0.2, 0.25) is 0 Å². The third-order valence-electron chi connectivity index (χ3n) is 2.04. The molecule has 0 spiro atoms. The van der Waals surface area contributed by atoms with E-state index in [1.54, 1.807) is 6.92 Å². The Balaban J connectivity index is 3.16. The lowest BCUT2D eigenvalue weighted by Gasteiger charge is -2.03. The maximum atomic E-state index is 10.9. The number of hydrogen-bond acceptors (Lipinski definition) is 3. The zero-order chi connectivity index (χ0) is 12.8. The van der Waals surface area contributed by atoms with Crippen molar-refractivity contribution >= 4 is 18.0 Å². The molecule has 0 aromatic heterocycles. The van der Waals surface area contributed by atoms with Gasteiger partial charge in [-0.1, -0.05) is 0 Å². The standard InChI is InChI=1S/C12H12O5/c1-2-17-6-5-8-7-9(11(13)14)3-4-10(8)12(15)16/h3-7H,2H2,1H3,(H,13,14)(H,15,16)/b6-5+. The number of aromatic carboxylic acids is 2. The molecule has 0 unspecified atom stereocenters. The van der Waals surface area contributed by atoms with Gasteiger partial charge in [0.1, 0.15) is 0 Å². The van der Waals surface area contributed by atoms with Gasteiger partial charge in [0.15, 0.2) is 0 Å². The normalized spacial score (nSPS) is 10.4. The second-order valence-corrected chi connectivity index (χ2v) is 3.17. The minimum absolute atomic E-state index is 0.0333. The molecule has 0 bridgehead atoms. The Bertz CT molecular complexity index is 462. The summed E-state index contributed by atoms with van der Waals surface area (Å²) in [7, 11) is 0. The summed E-state index contributed by atoms with van der Waals surface area (Å²) in [6.45, 7) is 2.24. The first kappa shape index (κ1) is 12.8. The number of rotatable bonds is 5. The minimum atomic E-state index is -1.11. The molecule has 0 radical (unpaired) electrons. The van der Waals surface area contributed by atoms with Crippen LogP contribution in [0, 0.1) is 0 Å². The summed E-state index contributed by atoms with van der Waals surface area (Å²) in [4.78, 5) is 21.7. The highest BCUT2D eigenvalue weighted by Crippen LogP contribution is 2.14. The second-order valence-electron chi connectivity index (χ2n) is 3.17. The van der Waals surface area contributed by atoms with E-state index < -0.39 is 11.9 Å². The maximum absolute atomic E-state index is 10.9. The highest BCUT2D eigenvalue weighted by atomic mass is 16.5. The van der Waals surface area contributed by atoms with Crippen molar-refractivity contribution in [1.82, 2.24) is 0 Å². The van der Waals surface area contributed by atoms with Gasteiger partial charge in [-0.05, 0) is 36.8 Å². The van der Waals surface area contributed by atoms with E-state index in [1.165, 1.54) is 30.5 Å². The van der Waals surface area contributed by atoms with Crippen molar-refractivity contribution in [3.8, 4) is 0 Å². The Morgan fingerprint density at radius 1 is 1.29 bits per heavy atom. The quantitative estimate of drug-likeness (QED) is 0.765. The summed E-state index contributed by atoms with van der Waals surface area (Å²) in [5.74, 6) is -2.22. The highest BCUT2D eigenvalue weighted by molar-refractivity contribution is 5.95. The molecule has 90 valence electrons. The van der Waals surface area contributed by atoms with E-state index in [0.29, 0.717) is 12.2 Å². The van der Waals surface area contributed by atoms with Crippen LogP contribution in [0.5, 0.6) is 0 Å². The van der Waals surface area contributed by atoms with Crippen LogP contribution in [0.25, 0.3) is 6.08 Å². The molecule has 0 heterocycles. The molecule has 0 saturated carbocycles. The second kappa shape index (κ2) is 5.69. The predicted molar refractivity (Wildman–Crippen MR) is 61.0 cm³/mol. The first-order chi connectivity index (χ1) is 8.06. The number of benzene rings is 1. The molecule has 5 nitrogen and oxygen atoms in total. The Hall–Kier alpha value is -2.30. The summed E-state index contributed by atoms with van der Waals surface area (Å²) < 4.78 is 4.95. The van der Waals surface area contributed by atoms with Crippen LogP contribution >= 0.6 is 0 Å². The molecule has 17 heavy (non-hydrogen) atoms. The summed E-state index contributed by atoms with van der Waals surface area (Å²) in [5.41, 5.74) is 0.364. The van der Waals surface area contributed by atoms with Crippen LogP contribution in [-0.4, -0.2) is 28.8 Å². The fourth-order valence-electron chi connectivity index (χ4n) is 1.25. The van der Waals surface area contributed by atoms with Gasteiger partial charge in [0.25, 0.3) is 0 Å². The van der Waals surface area contributed by atoms with Crippen LogP contribution in [0.15, 0.2) is 24.5 Å². The van der Waals surface area contributed by atoms with Crippen molar-refractivity contribution < 1.29 is 24.5 Å². The molecule has 0 fully saturated rings. The average molecular weight is 236 g/mol. The van der Waals surface area contributed by atoms with E-state index in [-0.39, 0.29) is 11.1 Å². The number of carboxylic acids is 2. The predicted octanol–water partition coefficient (Wildman–Crippen LogP) is 2.09. The van der Waals surface area contributed by atoms with E-state index in [2.05, 4.69) is 0 Å². The number of hydrogen-bond donors (Lipinski definition) is 2. The molecule has 0 aliphatic heterocycles. The fourth-order valence-corrected chi connectivity index (χ4v) is 1.25. The van der Waals surface area contributed by atoms with Gasteiger partial charge in [-0.15, -0.1) is 0 Å². The van der Waals surface area contributed by atoms with Crippen LogP contribution in [-0.2, 0) is 4.74 Å². The first-order valence-corrected chi connectivity index (χ1v) is 4.95. The van der Waals surface area contributed by atoms with Crippen LogP contribution in [0.1, 0.15) is 33.2 Å². The molecule has 1 rings (SSSR count). The molecule has 1 aromatic carbocycles. The van der Waals surface area contributed by atoms with Crippen LogP contribution in [0.2, 0.25) is 0 Å². The van der Waals surface area contributed by atoms with Gasteiger partial charge < -0.3 is 14.9 Å². The largest absolute Gasteiger partial charge is 0.501 e. The monoisotopic (exact) mass is 236 g/mol. The molecule has 1 aromatic rings. The zero-order valence-corrected chi connectivity index (χ0v) is 9.21. The third kappa shape index (κ3) is 3.34. The van der Waals surface area contributed by atoms with Crippen molar-refractivity contribution in [2.24, 2.45) is 0 Å². The molecule has 0 aliphatic rings. The van der Waals surface area contributed by atoms with Crippen LogP contribution in [0.4, 0.5) is 0 Å². The number of carboxylic acid groups (broad SMARTS) is 2. The van der Waals surface area contributed by atoms with Gasteiger partial charge in [0, 0.05) is 0 Å². The Morgan fingerprint density at radius 3 is 2.53 bits per heavy atom. The van der Waals surface area contributed by atoms with Crippen LogP contribution < -0.4 is 0 Å². The van der Waals surface area contributed by atoms with Gasteiger partial charge in [-0.3, -0.25) is 0 Å². The zero-order valence-electron chi connectivity index (χ0n) is 9.21. The molecular weight excluding hydrogens is 224 g/mol. The van der Waals surface area contributed by atoms with Gasteiger partial charge in [-0.2, -0.15) is 0 Å². The number of carbonyl (C=O) groups is 2. The van der Waals surface area contributed by atoms with Crippen molar-refractivity contribution in [2.75, 3.05) is 6.61 Å². The minimum Gasteiger partial charge on any atom is -0.501 e. The lowest BCUT2D eigenvalue weighted by Crippen LogP contribution is -2.03. The Morgan fingerprint density at radius 2 is 2.00 bits per heavy atom. The van der Waals surface area contributed by atoms with E-state index in [4.69, 9.17) is 14.9 Å². The molecule has 0 aliphatic carbocycles. The first-order valence-electron chi connectivity index (χ1n) is 4.95. The highest BCUT2D eigenvalue weighted by Gasteiger charge is 2.11. The fraction of sp³-hybridized carbons (Fsp3) is 0.167. The van der Waals surface area contributed by atoms with E-state index in [9.17, 15) is 9.59 Å². The smallest absolute Gasteiger partial charge is 0.336 e. The number of ether oxygens (including phenoxy) is 1. The molecule has 2 N–H and O–H groups in total. The Kier molecular flexibility index (Phi) is 4.28. The maximum Gasteiger partial charge on any atom is 0.336 e. The molecule has 0 atom stereocenters. The summed E-state index contributed by atoms with van der Waals surface area (Å²) >= 11 is 0. The SMILES string of the molecule is CCO/C=C/c1cc(C(=O)O)ccc1C(=O)O. The summed E-state index contributed by atoms with van der Waals surface area (Å²) in [5, 5.41) is 17.7. The summed E-state index contributed by atoms with van der Waals surface area (Å²) in [6, 6.07) is 3.81. The summed E-state index contributed by atoms with van der Waals surface area (Å²) in [6.07, 6.45) is 2.77. The molecule has 5 heteroatoms. The lowest BCUT2D eigenvalue weighted by molar-refractivity contribution is 0.0681. The van der Waals surface area contributed by atoms with Gasteiger partial charge in [0.05, 0.1) is 24.0 Å². The van der Waals surface area contributed by atoms with Crippen molar-refractivity contribution in [1.29, 1.82) is 0 Å². The van der Waals surface area contributed by atoms with E-state index in [0.717, 1.165) is 0 Å². The van der Waals surface area contributed by atoms with Crippen molar-refractivity contribution in [3.05, 3.63) is 41.2 Å². The van der Waals surface area contributed by atoms with Gasteiger partial charge >= 0.3 is 11.9 Å². The van der Waals surface area contributed by atoms with E-state index >= 15 is 0 Å². The Labute approximate surface area is 98.0 Å². The van der Waals surface area contributed by atoms with E-state index in [1.807, 2.05) is 0 Å². The topological polar surface area (TPSA) is 83.8 Å². The average Bonchev–Trinajstić information content (AvgIpc) is 2.28. The molecule has 0 saturated heterocycles. The third-order valence-corrected chi connectivity index (χ3v) is 2.04. The van der Waals surface area contributed by atoms with Crippen molar-refractivity contribution in [2.45, 2.75) is 6.92 Å². The van der Waals surface area contributed by atoms with Crippen molar-refractivity contribution in [3.63, 3.8) is 0 Å². The van der Waals surface area contributed by atoms with Gasteiger partial charge in [-0.25, -0.2) is 9.59 Å². The lowest BCUT2D eigenvalue weighted by atomic mass is 10.0. The molecule has 0 amide bonds. The van der Waals surface area contributed by atoms with Crippen LogP contribution in [0.3, 0.4) is 0 Å².